The van der Waals surface area contributed by atoms with E-state index in [0.29, 0.717) is 13.0 Å². The number of aldehydes is 1. The lowest BCUT2D eigenvalue weighted by atomic mass is 9.94. The van der Waals surface area contributed by atoms with E-state index in [1.165, 1.54) is 19.3 Å². The smallest absolute Gasteiger partial charge is 0.169 e. The highest BCUT2D eigenvalue weighted by Crippen LogP contribution is 2.37. The van der Waals surface area contributed by atoms with Crippen LogP contribution in [0.25, 0.3) is 0 Å². The zero-order valence-corrected chi connectivity index (χ0v) is 10.4. The molecule has 96 valence electrons. The largest absolute Gasteiger partial charge is 0.347 e. The first-order valence-corrected chi connectivity index (χ1v) is 6.77. The van der Waals surface area contributed by atoms with Crippen LogP contribution in [0.2, 0.25) is 0 Å². The normalized spacial score (nSPS) is 27.9. The Morgan fingerprint density at radius 1 is 1.18 bits per heavy atom. The Morgan fingerprint density at radius 3 is 2.76 bits per heavy atom. The van der Waals surface area contributed by atoms with Crippen molar-refractivity contribution in [1.82, 2.24) is 0 Å². The summed E-state index contributed by atoms with van der Waals surface area (Å²) in [5, 5.41) is 0. The van der Waals surface area contributed by atoms with E-state index < -0.39 is 0 Å². The van der Waals surface area contributed by atoms with Gasteiger partial charge in [0.05, 0.1) is 6.61 Å². The first kappa shape index (κ1) is 12.8. The van der Waals surface area contributed by atoms with Crippen LogP contribution >= 0.6 is 0 Å². The fourth-order valence-electron chi connectivity index (χ4n) is 2.59. The lowest BCUT2D eigenvalue weighted by Gasteiger charge is -2.31. The van der Waals surface area contributed by atoms with Crippen LogP contribution in [0.1, 0.15) is 51.4 Å². The molecule has 1 aliphatic carbocycles. The average Bonchev–Trinajstić information content (AvgIpc) is 2.73. The van der Waals surface area contributed by atoms with Gasteiger partial charge < -0.3 is 14.3 Å². The van der Waals surface area contributed by atoms with Gasteiger partial charge in [-0.05, 0) is 25.7 Å². The molecule has 0 bridgehead atoms. The Kier molecular flexibility index (Phi) is 4.75. The molecule has 0 unspecified atom stereocenters. The summed E-state index contributed by atoms with van der Waals surface area (Å²) in [7, 11) is 0. The molecule has 1 saturated carbocycles. The Hall–Kier alpha value is -0.670. The standard InChI is InChI=1S/C14H22O3/c15-11-7-2-1-4-8-13-12-16-14(17-13)9-5-3-6-10-14/h4,8,11,13H,1-3,5-7,9-10,12H2/b8-4-/t13-/m0/s1. The topological polar surface area (TPSA) is 35.5 Å². The third-order valence-corrected chi connectivity index (χ3v) is 3.54. The molecule has 0 aromatic rings. The summed E-state index contributed by atoms with van der Waals surface area (Å²) >= 11 is 0. The van der Waals surface area contributed by atoms with Gasteiger partial charge in [0.15, 0.2) is 5.79 Å². The Morgan fingerprint density at radius 2 is 2.00 bits per heavy atom. The van der Waals surface area contributed by atoms with E-state index >= 15 is 0 Å². The Labute approximate surface area is 103 Å². The summed E-state index contributed by atoms with van der Waals surface area (Å²) < 4.78 is 11.9. The molecule has 1 saturated heterocycles. The van der Waals surface area contributed by atoms with Crippen LogP contribution in [0.5, 0.6) is 0 Å². The molecule has 0 aromatic heterocycles. The third-order valence-electron chi connectivity index (χ3n) is 3.54. The summed E-state index contributed by atoms with van der Waals surface area (Å²) in [6, 6.07) is 0. The molecule has 2 aliphatic rings. The van der Waals surface area contributed by atoms with E-state index in [4.69, 9.17) is 9.47 Å². The monoisotopic (exact) mass is 238 g/mol. The first-order valence-electron chi connectivity index (χ1n) is 6.77. The van der Waals surface area contributed by atoms with Crippen molar-refractivity contribution in [3.05, 3.63) is 12.2 Å². The molecule has 1 atom stereocenters. The van der Waals surface area contributed by atoms with Crippen molar-refractivity contribution < 1.29 is 14.3 Å². The molecular formula is C14H22O3. The van der Waals surface area contributed by atoms with Gasteiger partial charge in [-0.1, -0.05) is 18.6 Å². The number of carbonyl (C=O) groups is 1. The van der Waals surface area contributed by atoms with E-state index in [1.807, 2.05) is 0 Å². The second-order valence-corrected chi connectivity index (χ2v) is 4.96. The molecule has 2 fully saturated rings. The van der Waals surface area contributed by atoms with Gasteiger partial charge >= 0.3 is 0 Å². The van der Waals surface area contributed by atoms with Crippen molar-refractivity contribution in [1.29, 1.82) is 0 Å². The van der Waals surface area contributed by atoms with Crippen molar-refractivity contribution >= 4 is 6.29 Å². The molecule has 0 amide bonds. The van der Waals surface area contributed by atoms with Crippen molar-refractivity contribution in [3.63, 3.8) is 0 Å². The van der Waals surface area contributed by atoms with Gasteiger partial charge in [-0.2, -0.15) is 0 Å². The predicted octanol–water partition coefficient (Wildman–Crippen LogP) is 2.99. The minimum absolute atomic E-state index is 0.115. The molecule has 1 aliphatic heterocycles. The summed E-state index contributed by atoms with van der Waals surface area (Å²) in [6.45, 7) is 0.685. The molecule has 0 aromatic carbocycles. The minimum atomic E-state index is -0.268. The summed E-state index contributed by atoms with van der Waals surface area (Å²) in [4.78, 5) is 10.2. The maximum Gasteiger partial charge on any atom is 0.169 e. The molecule has 0 N–H and O–H groups in total. The lowest BCUT2D eigenvalue weighted by Crippen LogP contribution is -2.33. The highest BCUT2D eigenvalue weighted by atomic mass is 16.7. The van der Waals surface area contributed by atoms with Gasteiger partial charge in [0, 0.05) is 19.3 Å². The molecule has 1 heterocycles. The molecule has 3 heteroatoms. The van der Waals surface area contributed by atoms with E-state index in [1.54, 1.807) is 0 Å². The van der Waals surface area contributed by atoms with Crippen molar-refractivity contribution in [3.8, 4) is 0 Å². The lowest BCUT2D eigenvalue weighted by molar-refractivity contribution is -0.182. The zero-order valence-electron chi connectivity index (χ0n) is 10.4. The molecule has 2 rings (SSSR count). The number of unbranched alkanes of at least 4 members (excludes halogenated alkanes) is 2. The second-order valence-electron chi connectivity index (χ2n) is 4.96. The van der Waals surface area contributed by atoms with E-state index in [-0.39, 0.29) is 11.9 Å². The summed E-state index contributed by atoms with van der Waals surface area (Å²) in [6.07, 6.45) is 13.6. The SMILES string of the molecule is O=CCCC/C=C\[C@H]1COC2(CCCCC2)O1. The average molecular weight is 238 g/mol. The van der Waals surface area contributed by atoms with E-state index in [2.05, 4.69) is 12.2 Å². The van der Waals surface area contributed by atoms with E-state index in [0.717, 1.165) is 32.0 Å². The molecule has 0 radical (unpaired) electrons. The maximum atomic E-state index is 10.2. The first-order chi connectivity index (χ1) is 8.35. The molecule has 3 nitrogen and oxygen atoms in total. The van der Waals surface area contributed by atoms with Gasteiger partial charge in [0.25, 0.3) is 0 Å². The minimum Gasteiger partial charge on any atom is -0.347 e. The number of ether oxygens (including phenoxy) is 2. The molecule has 1 spiro atoms. The van der Waals surface area contributed by atoms with Crippen LogP contribution < -0.4 is 0 Å². The van der Waals surface area contributed by atoms with Gasteiger partial charge in [0.2, 0.25) is 0 Å². The zero-order chi connectivity index (χ0) is 12.0. The second kappa shape index (κ2) is 6.31. The van der Waals surface area contributed by atoms with Crippen LogP contribution in [0.4, 0.5) is 0 Å². The number of carbonyl (C=O) groups excluding carboxylic acids is 1. The molecule has 17 heavy (non-hydrogen) atoms. The van der Waals surface area contributed by atoms with Crippen molar-refractivity contribution in [2.45, 2.75) is 63.3 Å². The number of rotatable bonds is 5. The van der Waals surface area contributed by atoms with Crippen LogP contribution in [-0.4, -0.2) is 24.8 Å². The summed E-state index contributed by atoms with van der Waals surface area (Å²) in [5.41, 5.74) is 0. The quantitative estimate of drug-likeness (QED) is 0.419. The fraction of sp³-hybridized carbons (Fsp3) is 0.786. The van der Waals surface area contributed by atoms with Gasteiger partial charge in [0.1, 0.15) is 12.4 Å². The van der Waals surface area contributed by atoms with Crippen LogP contribution in [0.3, 0.4) is 0 Å². The summed E-state index contributed by atoms with van der Waals surface area (Å²) in [5.74, 6) is -0.268. The third kappa shape index (κ3) is 3.65. The Balaban J connectivity index is 1.71. The van der Waals surface area contributed by atoms with Gasteiger partial charge in [-0.15, -0.1) is 0 Å². The maximum absolute atomic E-state index is 10.2. The number of allylic oxidation sites excluding steroid dienone is 1. The predicted molar refractivity (Wildman–Crippen MR) is 65.7 cm³/mol. The van der Waals surface area contributed by atoms with Gasteiger partial charge in [-0.25, -0.2) is 0 Å². The van der Waals surface area contributed by atoms with Crippen LogP contribution in [-0.2, 0) is 14.3 Å². The van der Waals surface area contributed by atoms with Crippen LogP contribution in [0, 0.1) is 0 Å². The highest BCUT2D eigenvalue weighted by Gasteiger charge is 2.41. The van der Waals surface area contributed by atoms with Crippen LogP contribution in [0.15, 0.2) is 12.2 Å². The number of hydrogen-bond donors (Lipinski definition) is 0. The van der Waals surface area contributed by atoms with Crippen molar-refractivity contribution in [2.75, 3.05) is 6.61 Å². The Bertz CT molecular complexity index is 267. The fourth-order valence-corrected chi connectivity index (χ4v) is 2.59. The number of hydrogen-bond acceptors (Lipinski definition) is 3. The van der Waals surface area contributed by atoms with Crippen molar-refractivity contribution in [2.24, 2.45) is 0 Å². The van der Waals surface area contributed by atoms with Gasteiger partial charge in [-0.3, -0.25) is 0 Å². The highest BCUT2D eigenvalue weighted by molar-refractivity contribution is 5.49. The van der Waals surface area contributed by atoms with E-state index in [9.17, 15) is 4.79 Å². The molecular weight excluding hydrogens is 216 g/mol.